The molecule has 38 heavy (non-hydrogen) atoms. The molecule has 2 aromatic rings. The lowest BCUT2D eigenvalue weighted by atomic mass is 9.84. The zero-order chi connectivity index (χ0) is 26.9. The molecule has 0 unspecified atom stereocenters. The maximum Gasteiger partial charge on any atom is 0.336 e. The first kappa shape index (κ1) is 26.8. The number of carboxylic acid groups (broad SMARTS) is 1. The van der Waals surface area contributed by atoms with Gasteiger partial charge in [-0.15, -0.1) is 0 Å². The first-order valence-corrected chi connectivity index (χ1v) is 15.3. The normalized spacial score (nSPS) is 21.1. The summed E-state index contributed by atoms with van der Waals surface area (Å²) in [7, 11) is -3.84. The summed E-state index contributed by atoms with van der Waals surface area (Å²) in [4.78, 5) is 29.7. The summed E-state index contributed by atoms with van der Waals surface area (Å²) in [5, 5.41) is 13.5. The van der Waals surface area contributed by atoms with E-state index < -0.39 is 16.0 Å². The Kier molecular flexibility index (Phi) is 7.86. The molecule has 1 fully saturated rings. The minimum atomic E-state index is -3.84. The van der Waals surface area contributed by atoms with Crippen LogP contribution in [0, 0.1) is 11.8 Å². The second kappa shape index (κ2) is 11.1. The van der Waals surface area contributed by atoms with Crippen LogP contribution in [0.1, 0.15) is 79.9 Å². The van der Waals surface area contributed by atoms with Crippen LogP contribution < -0.4 is 5.32 Å². The predicted molar refractivity (Wildman–Crippen MR) is 146 cm³/mol. The van der Waals surface area contributed by atoms with Crippen molar-refractivity contribution in [2.45, 2.75) is 76.0 Å². The lowest BCUT2D eigenvalue weighted by molar-refractivity contribution is -0.126. The van der Waals surface area contributed by atoms with Crippen LogP contribution in [0.5, 0.6) is 0 Å². The first-order chi connectivity index (χ1) is 18.2. The molecule has 0 bridgehead atoms. The predicted octanol–water partition coefficient (Wildman–Crippen LogP) is 4.47. The Labute approximate surface area is 224 Å². The van der Waals surface area contributed by atoms with Crippen molar-refractivity contribution in [2.24, 2.45) is 11.8 Å². The molecule has 1 aliphatic heterocycles. The van der Waals surface area contributed by atoms with E-state index in [1.165, 1.54) is 34.9 Å². The van der Waals surface area contributed by atoms with Gasteiger partial charge in [-0.1, -0.05) is 18.6 Å². The quantitative estimate of drug-likeness (QED) is 0.502. The Hall–Kier alpha value is -2.78. The van der Waals surface area contributed by atoms with E-state index in [0.29, 0.717) is 42.6 Å². The number of carbonyl (C=O) groups excluding carboxylic acids is 1. The molecular weight excluding hydrogens is 502 g/mol. The highest BCUT2D eigenvalue weighted by atomic mass is 32.2. The number of benzene rings is 1. The van der Waals surface area contributed by atoms with Gasteiger partial charge in [-0.2, -0.15) is 4.31 Å². The summed E-state index contributed by atoms with van der Waals surface area (Å²) in [5.41, 5.74) is 3.63. The van der Waals surface area contributed by atoms with Gasteiger partial charge in [0.1, 0.15) is 0 Å². The van der Waals surface area contributed by atoms with Gasteiger partial charge in [-0.25, -0.2) is 13.2 Å². The van der Waals surface area contributed by atoms with Crippen LogP contribution in [0.25, 0.3) is 10.9 Å². The van der Waals surface area contributed by atoms with Gasteiger partial charge < -0.3 is 10.4 Å². The SMILES string of the molecule is C[C@@H]1CCc2nc3ccc(S(=O)(=O)N4CCC(C(=O)NCCC5=CCCCC5)CC4)cc3c(C(=O)O)c2C1. The molecule has 5 rings (SSSR count). The number of piperidine rings is 1. The Bertz CT molecular complexity index is 1380. The van der Waals surface area contributed by atoms with Gasteiger partial charge in [0.15, 0.2) is 0 Å². The van der Waals surface area contributed by atoms with E-state index >= 15 is 0 Å². The lowest BCUT2D eigenvalue weighted by Crippen LogP contribution is -2.43. The standard InChI is InChI=1S/C29H37N3O5S/c1-19-7-9-25-23(17-19)27(29(34)35)24-18-22(8-10-26(24)31-25)38(36,37)32-15-12-21(13-16-32)28(33)30-14-11-20-5-3-2-4-6-20/h5,8,10,18-19,21H,2-4,6-7,9,11-17H2,1H3,(H,30,33)(H,34,35)/t19-/m1/s1. The number of nitrogens with zero attached hydrogens (tertiary/aromatic N) is 2. The molecule has 3 aliphatic rings. The van der Waals surface area contributed by atoms with E-state index in [9.17, 15) is 23.1 Å². The summed E-state index contributed by atoms with van der Waals surface area (Å²) >= 11 is 0. The minimum absolute atomic E-state index is 0.000314. The number of sulfonamides is 1. The Morgan fingerprint density at radius 2 is 1.92 bits per heavy atom. The number of carbonyl (C=O) groups is 2. The molecule has 8 nitrogen and oxygen atoms in total. The van der Waals surface area contributed by atoms with E-state index in [-0.39, 0.29) is 35.4 Å². The molecule has 1 aromatic carbocycles. The number of fused-ring (bicyclic) bond motifs is 2. The smallest absolute Gasteiger partial charge is 0.336 e. The summed E-state index contributed by atoms with van der Waals surface area (Å²) in [6.45, 7) is 3.24. The molecule has 204 valence electrons. The van der Waals surface area contributed by atoms with Crippen molar-refractivity contribution in [3.8, 4) is 0 Å². The van der Waals surface area contributed by atoms with Gasteiger partial charge >= 0.3 is 5.97 Å². The van der Waals surface area contributed by atoms with Crippen LogP contribution in [0.4, 0.5) is 0 Å². The van der Waals surface area contributed by atoms with Crippen LogP contribution in [0.3, 0.4) is 0 Å². The van der Waals surface area contributed by atoms with E-state index in [1.54, 1.807) is 6.07 Å². The monoisotopic (exact) mass is 539 g/mol. The molecule has 1 amide bonds. The number of nitrogens with one attached hydrogen (secondary N) is 1. The van der Waals surface area contributed by atoms with Gasteiger partial charge in [0, 0.05) is 36.6 Å². The summed E-state index contributed by atoms with van der Waals surface area (Å²) < 4.78 is 28.5. The van der Waals surface area contributed by atoms with Gasteiger partial charge in [-0.3, -0.25) is 9.78 Å². The van der Waals surface area contributed by atoms with Crippen LogP contribution in [0.15, 0.2) is 34.7 Å². The third kappa shape index (κ3) is 5.50. The average Bonchev–Trinajstić information content (AvgIpc) is 2.92. The zero-order valence-electron chi connectivity index (χ0n) is 22.0. The molecule has 1 saturated heterocycles. The second-order valence-electron chi connectivity index (χ2n) is 11.1. The van der Waals surface area contributed by atoms with Crippen molar-refractivity contribution in [1.82, 2.24) is 14.6 Å². The van der Waals surface area contributed by atoms with Crippen molar-refractivity contribution in [1.29, 1.82) is 0 Å². The van der Waals surface area contributed by atoms with E-state index in [2.05, 4.69) is 18.3 Å². The number of carboxylic acids is 1. The molecule has 1 aromatic heterocycles. The number of hydrogen-bond donors (Lipinski definition) is 2. The fourth-order valence-electron chi connectivity index (χ4n) is 6.13. The maximum atomic E-state index is 13.5. The van der Waals surface area contributed by atoms with Crippen molar-refractivity contribution in [2.75, 3.05) is 19.6 Å². The molecule has 2 aliphatic carbocycles. The molecule has 0 saturated carbocycles. The Morgan fingerprint density at radius 1 is 1.13 bits per heavy atom. The Balaban J connectivity index is 1.28. The van der Waals surface area contributed by atoms with Crippen LogP contribution in [-0.2, 0) is 27.7 Å². The average molecular weight is 540 g/mol. The van der Waals surface area contributed by atoms with Gasteiger partial charge in [0.05, 0.1) is 16.0 Å². The zero-order valence-corrected chi connectivity index (χ0v) is 22.9. The number of allylic oxidation sites excluding steroid dienone is 1. The van der Waals surface area contributed by atoms with E-state index in [0.717, 1.165) is 43.4 Å². The number of aromatic nitrogens is 1. The van der Waals surface area contributed by atoms with Crippen LogP contribution in [-0.4, -0.2) is 54.3 Å². The van der Waals surface area contributed by atoms with Crippen molar-refractivity contribution in [3.63, 3.8) is 0 Å². The van der Waals surface area contributed by atoms with Crippen molar-refractivity contribution < 1.29 is 23.1 Å². The van der Waals surface area contributed by atoms with Gasteiger partial charge in [-0.05, 0) is 93.9 Å². The highest BCUT2D eigenvalue weighted by Gasteiger charge is 2.33. The summed E-state index contributed by atoms with van der Waals surface area (Å²) in [5.74, 6) is -0.895. The van der Waals surface area contributed by atoms with Crippen LogP contribution in [0.2, 0.25) is 0 Å². The van der Waals surface area contributed by atoms with E-state index in [1.807, 2.05) is 0 Å². The lowest BCUT2D eigenvalue weighted by Gasteiger charge is -2.30. The number of pyridine rings is 1. The first-order valence-electron chi connectivity index (χ1n) is 13.9. The number of rotatable bonds is 7. The molecule has 2 heterocycles. The molecular formula is C29H37N3O5S. The number of aryl methyl sites for hydroxylation is 1. The van der Waals surface area contributed by atoms with Crippen molar-refractivity contribution >= 4 is 32.8 Å². The number of amides is 1. The number of aromatic carboxylic acids is 1. The molecule has 2 N–H and O–H groups in total. The largest absolute Gasteiger partial charge is 0.478 e. The highest BCUT2D eigenvalue weighted by molar-refractivity contribution is 7.89. The molecule has 9 heteroatoms. The van der Waals surface area contributed by atoms with Gasteiger partial charge in [0.25, 0.3) is 0 Å². The fourth-order valence-corrected chi connectivity index (χ4v) is 7.62. The van der Waals surface area contributed by atoms with Crippen LogP contribution >= 0.6 is 0 Å². The second-order valence-corrected chi connectivity index (χ2v) is 13.0. The summed E-state index contributed by atoms with van der Waals surface area (Å²) in [6.07, 6.45) is 11.1. The summed E-state index contributed by atoms with van der Waals surface area (Å²) in [6, 6.07) is 4.61. The maximum absolute atomic E-state index is 13.5. The van der Waals surface area contributed by atoms with Crippen molar-refractivity contribution in [3.05, 3.63) is 46.7 Å². The van der Waals surface area contributed by atoms with Gasteiger partial charge in [0.2, 0.25) is 15.9 Å². The molecule has 1 atom stereocenters. The molecule has 0 spiro atoms. The van der Waals surface area contributed by atoms with E-state index in [4.69, 9.17) is 4.98 Å². The Morgan fingerprint density at radius 3 is 2.63 bits per heavy atom. The third-order valence-corrected chi connectivity index (χ3v) is 10.3. The highest BCUT2D eigenvalue weighted by Crippen LogP contribution is 2.33. The third-order valence-electron chi connectivity index (χ3n) is 8.38. The fraction of sp³-hybridized carbons (Fsp3) is 0.552. The topological polar surface area (TPSA) is 117 Å². The minimum Gasteiger partial charge on any atom is -0.478 e. The number of hydrogen-bond acceptors (Lipinski definition) is 5. The molecule has 0 radical (unpaired) electrons.